The summed E-state index contributed by atoms with van der Waals surface area (Å²) in [6, 6.07) is 1.42. The lowest BCUT2D eigenvalue weighted by Crippen LogP contribution is -2.23. The summed E-state index contributed by atoms with van der Waals surface area (Å²) >= 11 is 0. The van der Waals surface area contributed by atoms with Crippen LogP contribution in [0.5, 0.6) is 0 Å². The number of ether oxygens (including phenoxy) is 1. The minimum atomic E-state index is -4.82. The molecule has 5 nitrogen and oxygen atoms in total. The van der Waals surface area contributed by atoms with Crippen molar-refractivity contribution >= 4 is 17.6 Å². The Morgan fingerprint density at radius 3 is 2.30 bits per heavy atom. The highest BCUT2D eigenvalue weighted by Gasteiger charge is 2.37. The smallest absolute Gasteiger partial charge is 0.417 e. The van der Waals surface area contributed by atoms with Crippen molar-refractivity contribution in [3.63, 3.8) is 0 Å². The molecule has 1 amide bonds. The molecular weight excluding hydrogens is 313 g/mol. The molecule has 3 N–H and O–H groups in total. The summed E-state index contributed by atoms with van der Waals surface area (Å²) in [6.07, 6.45) is -4.16. The van der Waals surface area contributed by atoms with Gasteiger partial charge in [-0.1, -0.05) is 6.92 Å². The number of carbonyl (C=O) groups excluding carboxylic acids is 2. The van der Waals surface area contributed by atoms with E-state index in [1.165, 1.54) is 6.92 Å². The van der Waals surface area contributed by atoms with Crippen molar-refractivity contribution in [2.75, 3.05) is 11.9 Å². The second-order valence-corrected chi connectivity index (χ2v) is 4.98. The molecule has 0 aliphatic rings. The van der Waals surface area contributed by atoms with Gasteiger partial charge in [-0.05, 0) is 32.4 Å². The Morgan fingerprint density at radius 2 is 1.87 bits per heavy atom. The van der Waals surface area contributed by atoms with Crippen molar-refractivity contribution in [3.8, 4) is 0 Å². The Hall–Kier alpha value is -2.25. The maximum Gasteiger partial charge on any atom is 0.417 e. The number of alkyl halides is 3. The number of benzene rings is 1. The lowest BCUT2D eigenvalue weighted by Gasteiger charge is -2.19. The van der Waals surface area contributed by atoms with Gasteiger partial charge in [-0.25, -0.2) is 4.79 Å². The van der Waals surface area contributed by atoms with Crippen LogP contribution in [-0.4, -0.2) is 24.5 Å². The van der Waals surface area contributed by atoms with Crippen LogP contribution in [0.25, 0.3) is 0 Å². The minimum absolute atomic E-state index is 0.0676. The van der Waals surface area contributed by atoms with Gasteiger partial charge >= 0.3 is 12.1 Å². The molecule has 0 saturated carbocycles. The summed E-state index contributed by atoms with van der Waals surface area (Å²) in [5.74, 6) is -2.13. The van der Waals surface area contributed by atoms with Crippen molar-refractivity contribution in [2.45, 2.75) is 39.4 Å². The van der Waals surface area contributed by atoms with Gasteiger partial charge in [0, 0.05) is 11.7 Å². The van der Waals surface area contributed by atoms with E-state index in [9.17, 15) is 22.8 Å². The van der Waals surface area contributed by atoms with Crippen LogP contribution in [-0.2, 0) is 10.9 Å². The summed E-state index contributed by atoms with van der Waals surface area (Å²) < 4.78 is 44.2. The van der Waals surface area contributed by atoms with Gasteiger partial charge in [-0.15, -0.1) is 0 Å². The maximum absolute atomic E-state index is 13.2. The first kappa shape index (κ1) is 18.8. The Morgan fingerprint density at radius 1 is 1.26 bits per heavy atom. The molecule has 128 valence electrons. The number of nitrogens with one attached hydrogen (secondary N) is 1. The van der Waals surface area contributed by atoms with Gasteiger partial charge in [0.05, 0.1) is 23.3 Å². The number of carbonyl (C=O) groups is 2. The van der Waals surface area contributed by atoms with Gasteiger partial charge in [-0.3, -0.25) is 4.79 Å². The van der Waals surface area contributed by atoms with Crippen molar-refractivity contribution in [1.29, 1.82) is 0 Å². The quantitative estimate of drug-likeness (QED) is 0.784. The average molecular weight is 332 g/mol. The van der Waals surface area contributed by atoms with Crippen molar-refractivity contribution in [2.24, 2.45) is 5.73 Å². The molecule has 8 heteroatoms. The molecule has 23 heavy (non-hydrogen) atoms. The highest BCUT2D eigenvalue weighted by molar-refractivity contribution is 6.02. The first-order chi connectivity index (χ1) is 10.6. The van der Waals surface area contributed by atoms with E-state index in [2.05, 4.69) is 10.1 Å². The third-order valence-corrected chi connectivity index (χ3v) is 3.24. The zero-order chi connectivity index (χ0) is 17.8. The van der Waals surface area contributed by atoms with Crippen LogP contribution >= 0.6 is 0 Å². The zero-order valence-electron chi connectivity index (χ0n) is 13.1. The molecule has 0 aliphatic heterocycles. The standard InChI is InChI=1S/C15H19F3N2O3/c1-4-8(3)20-12-7-9(14(22)23-5-2)11(15(16,17)18)6-10(12)13(19)21/h6-8,20H,4-5H2,1-3H3,(H2,19,21). The lowest BCUT2D eigenvalue weighted by atomic mass is 10.00. The van der Waals surface area contributed by atoms with Crippen LogP contribution in [0.15, 0.2) is 12.1 Å². The van der Waals surface area contributed by atoms with E-state index in [1.54, 1.807) is 6.92 Å². The van der Waals surface area contributed by atoms with Crippen molar-refractivity contribution in [1.82, 2.24) is 0 Å². The predicted octanol–water partition coefficient (Wildman–Crippen LogP) is 3.19. The summed E-state index contributed by atoms with van der Waals surface area (Å²) in [6.45, 7) is 5.06. The number of amides is 1. The lowest BCUT2D eigenvalue weighted by molar-refractivity contribution is -0.138. The molecular formula is C15H19F3N2O3. The number of anilines is 1. The topological polar surface area (TPSA) is 81.4 Å². The fourth-order valence-corrected chi connectivity index (χ4v) is 1.90. The predicted molar refractivity (Wildman–Crippen MR) is 79.3 cm³/mol. The number of rotatable bonds is 6. The molecule has 0 saturated heterocycles. The molecule has 0 aromatic heterocycles. The Kier molecular flexibility index (Phi) is 6.00. The first-order valence-electron chi connectivity index (χ1n) is 7.10. The summed E-state index contributed by atoms with van der Waals surface area (Å²) in [5.41, 5.74) is 3.00. The molecule has 0 heterocycles. The molecule has 1 aromatic rings. The molecule has 1 aromatic carbocycles. The molecule has 1 unspecified atom stereocenters. The van der Waals surface area contributed by atoms with E-state index in [1.807, 2.05) is 6.92 Å². The summed E-state index contributed by atoms with van der Waals surface area (Å²) in [7, 11) is 0. The van der Waals surface area contributed by atoms with Crippen LogP contribution in [0.4, 0.5) is 18.9 Å². The number of esters is 1. The largest absolute Gasteiger partial charge is 0.462 e. The van der Waals surface area contributed by atoms with Crippen molar-refractivity contribution < 1.29 is 27.5 Å². The molecule has 0 bridgehead atoms. The fraction of sp³-hybridized carbons (Fsp3) is 0.467. The van der Waals surface area contributed by atoms with Gasteiger partial charge in [0.2, 0.25) is 0 Å². The second kappa shape index (κ2) is 7.34. The third-order valence-electron chi connectivity index (χ3n) is 3.24. The number of hydrogen-bond acceptors (Lipinski definition) is 4. The summed E-state index contributed by atoms with van der Waals surface area (Å²) in [5, 5.41) is 2.88. The molecule has 0 spiro atoms. The minimum Gasteiger partial charge on any atom is -0.462 e. The zero-order valence-corrected chi connectivity index (χ0v) is 13.1. The van der Waals surface area contributed by atoms with Crippen LogP contribution in [0.1, 0.15) is 53.5 Å². The van der Waals surface area contributed by atoms with Gasteiger partial charge in [-0.2, -0.15) is 13.2 Å². The highest BCUT2D eigenvalue weighted by Crippen LogP contribution is 2.35. The van der Waals surface area contributed by atoms with Crippen molar-refractivity contribution in [3.05, 3.63) is 28.8 Å². The molecule has 0 fully saturated rings. The summed E-state index contributed by atoms with van der Waals surface area (Å²) in [4.78, 5) is 23.3. The SMILES string of the molecule is CCOC(=O)c1cc(NC(C)CC)c(C(N)=O)cc1C(F)(F)F. The third kappa shape index (κ3) is 4.61. The Labute approximate surface area is 132 Å². The number of primary amides is 1. The Balaban J connectivity index is 3.55. The molecule has 1 rings (SSSR count). The fourth-order valence-electron chi connectivity index (χ4n) is 1.90. The average Bonchev–Trinajstić information content (AvgIpc) is 2.45. The van der Waals surface area contributed by atoms with Crippen LogP contribution in [0.2, 0.25) is 0 Å². The van der Waals surface area contributed by atoms with Gasteiger partial charge in [0.1, 0.15) is 0 Å². The van der Waals surface area contributed by atoms with Gasteiger partial charge in [0.25, 0.3) is 5.91 Å². The van der Waals surface area contributed by atoms with E-state index in [0.717, 1.165) is 6.07 Å². The highest BCUT2D eigenvalue weighted by atomic mass is 19.4. The second-order valence-electron chi connectivity index (χ2n) is 4.98. The van der Waals surface area contributed by atoms with E-state index in [4.69, 9.17) is 5.73 Å². The normalized spacial score (nSPS) is 12.6. The van der Waals surface area contributed by atoms with Crippen LogP contribution in [0.3, 0.4) is 0 Å². The van der Waals surface area contributed by atoms with E-state index < -0.39 is 29.2 Å². The van der Waals surface area contributed by atoms with Gasteiger partial charge < -0.3 is 15.8 Å². The van der Waals surface area contributed by atoms with Crippen LogP contribution < -0.4 is 11.1 Å². The van der Waals surface area contributed by atoms with E-state index >= 15 is 0 Å². The monoisotopic (exact) mass is 332 g/mol. The van der Waals surface area contributed by atoms with E-state index in [-0.39, 0.29) is 23.9 Å². The van der Waals surface area contributed by atoms with Crippen LogP contribution in [0, 0.1) is 0 Å². The molecule has 1 atom stereocenters. The number of halogens is 3. The number of hydrogen-bond donors (Lipinski definition) is 2. The van der Waals surface area contributed by atoms with E-state index in [0.29, 0.717) is 12.5 Å². The first-order valence-corrected chi connectivity index (χ1v) is 7.10. The maximum atomic E-state index is 13.2. The van der Waals surface area contributed by atoms with Gasteiger partial charge in [0.15, 0.2) is 0 Å². The number of nitrogens with two attached hydrogens (primary N) is 1. The molecule has 0 aliphatic carbocycles. The molecule has 0 radical (unpaired) electrons. The Bertz CT molecular complexity index is 600.